The first kappa shape index (κ1) is 9.15. The zero-order chi connectivity index (χ0) is 9.64. The van der Waals surface area contributed by atoms with E-state index in [1.165, 1.54) is 11.8 Å². The fourth-order valence-electron chi connectivity index (χ4n) is 1.54. The van der Waals surface area contributed by atoms with Crippen LogP contribution in [-0.4, -0.2) is 23.4 Å². The molecule has 0 saturated heterocycles. The SMILES string of the molecule is CC1CC(O)=C2C=CSC2S1(=O)=O. The quantitative estimate of drug-likeness (QED) is 0.671. The zero-order valence-electron chi connectivity index (χ0n) is 7.10. The highest BCUT2D eigenvalue weighted by atomic mass is 32.3. The Labute approximate surface area is 81.4 Å². The third-order valence-electron chi connectivity index (χ3n) is 2.38. The predicted molar refractivity (Wildman–Crippen MR) is 53.2 cm³/mol. The smallest absolute Gasteiger partial charge is 0.170 e. The summed E-state index contributed by atoms with van der Waals surface area (Å²) in [5.41, 5.74) is 0.572. The van der Waals surface area contributed by atoms with E-state index in [0.717, 1.165) is 0 Å². The Morgan fingerprint density at radius 1 is 1.62 bits per heavy atom. The molecule has 0 amide bonds. The number of allylic oxidation sites excluding steroid dienone is 2. The van der Waals surface area contributed by atoms with E-state index in [1.807, 2.05) is 0 Å². The zero-order valence-corrected chi connectivity index (χ0v) is 8.73. The molecule has 2 unspecified atom stereocenters. The van der Waals surface area contributed by atoms with E-state index in [-0.39, 0.29) is 12.2 Å². The van der Waals surface area contributed by atoms with Crippen LogP contribution >= 0.6 is 11.8 Å². The standard InChI is InChI=1S/C8H10O3S2/c1-5-4-7(9)6-2-3-12-8(6)13(5,10)11/h2-3,5,8-9H,4H2,1H3. The molecule has 3 nitrogen and oxygen atoms in total. The van der Waals surface area contributed by atoms with Gasteiger partial charge in [-0.1, -0.05) is 0 Å². The summed E-state index contributed by atoms with van der Waals surface area (Å²) in [5.74, 6) is 0.230. The second kappa shape index (κ2) is 2.78. The van der Waals surface area contributed by atoms with Gasteiger partial charge in [0.25, 0.3) is 0 Å². The van der Waals surface area contributed by atoms with Crippen molar-refractivity contribution in [1.82, 2.24) is 0 Å². The van der Waals surface area contributed by atoms with Crippen LogP contribution in [0.5, 0.6) is 0 Å². The molecule has 1 N–H and O–H groups in total. The minimum Gasteiger partial charge on any atom is -0.512 e. The Balaban J connectivity index is 2.54. The first-order valence-corrected chi connectivity index (χ1v) is 6.55. The van der Waals surface area contributed by atoms with Gasteiger partial charge >= 0.3 is 0 Å². The number of sulfone groups is 1. The second-order valence-electron chi connectivity index (χ2n) is 3.28. The van der Waals surface area contributed by atoms with Gasteiger partial charge in [-0.05, 0) is 18.4 Å². The van der Waals surface area contributed by atoms with E-state index in [4.69, 9.17) is 0 Å². The van der Waals surface area contributed by atoms with Crippen molar-refractivity contribution < 1.29 is 13.5 Å². The predicted octanol–water partition coefficient (Wildman–Crippen LogP) is 1.59. The van der Waals surface area contributed by atoms with Crippen LogP contribution < -0.4 is 0 Å². The lowest BCUT2D eigenvalue weighted by Gasteiger charge is -2.24. The molecule has 2 aliphatic rings. The molecular weight excluding hydrogens is 208 g/mol. The highest BCUT2D eigenvalue weighted by Gasteiger charge is 2.41. The molecule has 0 aromatic carbocycles. The molecule has 0 aliphatic carbocycles. The van der Waals surface area contributed by atoms with Gasteiger partial charge in [-0.15, -0.1) is 11.8 Å². The van der Waals surface area contributed by atoms with E-state index in [2.05, 4.69) is 0 Å². The Bertz CT molecular complexity index is 392. The molecule has 2 heterocycles. The first-order chi connectivity index (χ1) is 6.03. The summed E-state index contributed by atoms with van der Waals surface area (Å²) in [4.78, 5) is 0. The average Bonchev–Trinajstić information content (AvgIpc) is 2.49. The fraction of sp³-hybridized carbons (Fsp3) is 0.500. The molecule has 2 aliphatic heterocycles. The first-order valence-electron chi connectivity index (χ1n) is 4.00. The molecule has 0 saturated carbocycles. The lowest BCUT2D eigenvalue weighted by Crippen LogP contribution is -2.33. The molecule has 5 heteroatoms. The van der Waals surface area contributed by atoms with Crippen LogP contribution in [-0.2, 0) is 9.84 Å². The highest BCUT2D eigenvalue weighted by Crippen LogP contribution is 2.41. The molecule has 0 radical (unpaired) electrons. The number of aliphatic hydroxyl groups is 1. The van der Waals surface area contributed by atoms with Gasteiger partial charge in [0.15, 0.2) is 9.84 Å². The van der Waals surface area contributed by atoms with Crippen LogP contribution in [0, 0.1) is 0 Å². The molecule has 0 fully saturated rings. The number of hydrogen-bond acceptors (Lipinski definition) is 4. The summed E-state index contributed by atoms with van der Waals surface area (Å²) in [6, 6.07) is 0. The summed E-state index contributed by atoms with van der Waals surface area (Å²) in [6.07, 6.45) is 1.94. The van der Waals surface area contributed by atoms with Gasteiger partial charge in [-0.2, -0.15) is 0 Å². The molecule has 0 bridgehead atoms. The maximum Gasteiger partial charge on any atom is 0.170 e. The highest BCUT2D eigenvalue weighted by molar-refractivity contribution is 8.15. The van der Waals surface area contributed by atoms with Gasteiger partial charge in [0.2, 0.25) is 0 Å². The summed E-state index contributed by atoms with van der Waals surface area (Å²) in [6.45, 7) is 1.64. The van der Waals surface area contributed by atoms with Crippen LogP contribution in [0.4, 0.5) is 0 Å². The van der Waals surface area contributed by atoms with E-state index in [0.29, 0.717) is 5.57 Å². The Hall–Kier alpha value is -0.420. The summed E-state index contributed by atoms with van der Waals surface area (Å²) in [5, 5.41) is 10.8. The van der Waals surface area contributed by atoms with E-state index >= 15 is 0 Å². The van der Waals surface area contributed by atoms with E-state index in [9.17, 15) is 13.5 Å². The Morgan fingerprint density at radius 3 is 3.00 bits per heavy atom. The lowest BCUT2D eigenvalue weighted by atomic mass is 10.1. The third-order valence-corrected chi connectivity index (χ3v) is 6.45. The molecular formula is C8H10O3S2. The van der Waals surface area contributed by atoms with Gasteiger partial charge in [-0.3, -0.25) is 0 Å². The van der Waals surface area contributed by atoms with Crippen molar-refractivity contribution in [2.24, 2.45) is 0 Å². The molecule has 72 valence electrons. The molecule has 0 aromatic rings. The van der Waals surface area contributed by atoms with Crippen LogP contribution in [0.2, 0.25) is 0 Å². The summed E-state index contributed by atoms with van der Waals surface area (Å²) in [7, 11) is -3.09. The topological polar surface area (TPSA) is 54.4 Å². The van der Waals surface area contributed by atoms with Crippen molar-refractivity contribution in [3.8, 4) is 0 Å². The van der Waals surface area contributed by atoms with E-state index < -0.39 is 19.7 Å². The van der Waals surface area contributed by atoms with Crippen LogP contribution in [0.3, 0.4) is 0 Å². The van der Waals surface area contributed by atoms with Crippen LogP contribution in [0.1, 0.15) is 13.3 Å². The van der Waals surface area contributed by atoms with Crippen LogP contribution in [0.15, 0.2) is 22.8 Å². The number of aliphatic hydroxyl groups excluding tert-OH is 1. The molecule has 0 aromatic heterocycles. The van der Waals surface area contributed by atoms with Crippen molar-refractivity contribution in [2.45, 2.75) is 23.2 Å². The minimum absolute atomic E-state index is 0.230. The lowest BCUT2D eigenvalue weighted by molar-refractivity contribution is 0.376. The van der Waals surface area contributed by atoms with Gasteiger partial charge in [0.1, 0.15) is 4.58 Å². The number of fused-ring (bicyclic) bond motifs is 1. The number of hydrogen-bond donors (Lipinski definition) is 1. The Kier molecular flexibility index (Phi) is 1.96. The summed E-state index contributed by atoms with van der Waals surface area (Å²) < 4.78 is 22.9. The van der Waals surface area contributed by atoms with Gasteiger partial charge in [0, 0.05) is 12.0 Å². The number of thioether (sulfide) groups is 1. The van der Waals surface area contributed by atoms with E-state index in [1.54, 1.807) is 18.4 Å². The van der Waals surface area contributed by atoms with Crippen LogP contribution in [0.25, 0.3) is 0 Å². The van der Waals surface area contributed by atoms with Crippen molar-refractivity contribution in [3.05, 3.63) is 22.8 Å². The van der Waals surface area contributed by atoms with Crippen molar-refractivity contribution >= 4 is 21.6 Å². The molecule has 2 rings (SSSR count). The normalized spacial score (nSPS) is 36.4. The maximum atomic E-state index is 11.7. The van der Waals surface area contributed by atoms with Gasteiger partial charge in [-0.25, -0.2) is 8.42 Å². The third kappa shape index (κ3) is 1.21. The monoisotopic (exact) mass is 218 g/mol. The molecule has 13 heavy (non-hydrogen) atoms. The largest absolute Gasteiger partial charge is 0.512 e. The van der Waals surface area contributed by atoms with Crippen molar-refractivity contribution in [2.75, 3.05) is 0 Å². The van der Waals surface area contributed by atoms with Crippen molar-refractivity contribution in [3.63, 3.8) is 0 Å². The minimum atomic E-state index is -3.09. The maximum absolute atomic E-state index is 11.7. The second-order valence-corrected chi connectivity index (χ2v) is 7.04. The molecule has 2 atom stereocenters. The average molecular weight is 218 g/mol. The molecule has 0 spiro atoms. The van der Waals surface area contributed by atoms with Gasteiger partial charge < -0.3 is 5.11 Å². The Morgan fingerprint density at radius 2 is 2.31 bits per heavy atom. The van der Waals surface area contributed by atoms with Crippen molar-refractivity contribution in [1.29, 1.82) is 0 Å². The fourth-order valence-corrected chi connectivity index (χ4v) is 5.03. The summed E-state index contributed by atoms with van der Waals surface area (Å²) >= 11 is 1.25. The van der Waals surface area contributed by atoms with Gasteiger partial charge in [0.05, 0.1) is 11.0 Å². The number of rotatable bonds is 0.